The van der Waals surface area contributed by atoms with Crippen molar-refractivity contribution >= 4 is 27.1 Å². The lowest BCUT2D eigenvalue weighted by molar-refractivity contribution is 0.122. The number of nitrogens with zero attached hydrogens (tertiary/aromatic N) is 5. The van der Waals surface area contributed by atoms with Gasteiger partial charge in [0.05, 0.1) is 35.9 Å². The quantitative estimate of drug-likeness (QED) is 0.605. The zero-order valence-electron chi connectivity index (χ0n) is 15.7. The van der Waals surface area contributed by atoms with E-state index in [2.05, 4.69) is 9.97 Å². The first kappa shape index (κ1) is 18.3. The lowest BCUT2D eigenvalue weighted by Gasteiger charge is -2.26. The van der Waals surface area contributed by atoms with Crippen LogP contribution >= 0.6 is 0 Å². The van der Waals surface area contributed by atoms with E-state index in [1.165, 1.54) is 27.1 Å². The van der Waals surface area contributed by atoms with Gasteiger partial charge in [0.25, 0.3) is 0 Å². The van der Waals surface area contributed by atoms with Gasteiger partial charge in [0, 0.05) is 38.4 Å². The van der Waals surface area contributed by atoms with E-state index in [1.54, 1.807) is 13.2 Å². The number of oxazole rings is 1. The van der Waals surface area contributed by atoms with Crippen molar-refractivity contribution in [1.29, 1.82) is 0 Å². The van der Waals surface area contributed by atoms with Crippen LogP contribution in [0.5, 0.6) is 0 Å². The van der Waals surface area contributed by atoms with Crippen molar-refractivity contribution in [3.05, 3.63) is 46.2 Å². The van der Waals surface area contributed by atoms with Crippen LogP contribution in [-0.4, -0.2) is 53.6 Å². The predicted octanol–water partition coefficient (Wildman–Crippen LogP) is 0.463. The van der Waals surface area contributed by atoms with Crippen LogP contribution in [0.15, 0.2) is 38.5 Å². The van der Waals surface area contributed by atoms with E-state index in [0.29, 0.717) is 49.0 Å². The van der Waals surface area contributed by atoms with Gasteiger partial charge in [-0.3, -0.25) is 4.57 Å². The predicted molar refractivity (Wildman–Crippen MR) is 103 cm³/mol. The number of morpholine rings is 1. The Labute approximate surface area is 166 Å². The van der Waals surface area contributed by atoms with Gasteiger partial charge < -0.3 is 14.1 Å². The first-order valence-electron chi connectivity index (χ1n) is 9.21. The maximum atomic E-state index is 13.2. The molecule has 1 aromatic carbocycles. The summed E-state index contributed by atoms with van der Waals surface area (Å²) in [5, 5.41) is 0. The van der Waals surface area contributed by atoms with Crippen LogP contribution in [0.25, 0.3) is 11.1 Å². The molecule has 5 rings (SSSR count). The Morgan fingerprint density at radius 3 is 2.72 bits per heavy atom. The Kier molecular flexibility index (Phi) is 4.19. The molecule has 0 aliphatic carbocycles. The monoisotopic (exact) mass is 417 g/mol. The van der Waals surface area contributed by atoms with Crippen molar-refractivity contribution < 1.29 is 17.6 Å². The highest BCUT2D eigenvalue weighted by atomic mass is 32.2. The van der Waals surface area contributed by atoms with Gasteiger partial charge in [-0.1, -0.05) is 0 Å². The molecule has 1 fully saturated rings. The van der Waals surface area contributed by atoms with E-state index in [9.17, 15) is 13.2 Å². The summed E-state index contributed by atoms with van der Waals surface area (Å²) in [6.07, 6.45) is 1.70. The van der Waals surface area contributed by atoms with Crippen molar-refractivity contribution in [3.63, 3.8) is 0 Å². The van der Waals surface area contributed by atoms with E-state index in [-0.39, 0.29) is 18.0 Å². The summed E-state index contributed by atoms with van der Waals surface area (Å²) < 4.78 is 39.5. The first-order chi connectivity index (χ1) is 13.9. The van der Waals surface area contributed by atoms with Crippen molar-refractivity contribution in [3.8, 4) is 0 Å². The molecule has 0 unspecified atom stereocenters. The van der Waals surface area contributed by atoms with Crippen LogP contribution in [0, 0.1) is 0 Å². The van der Waals surface area contributed by atoms with Crippen molar-refractivity contribution in [1.82, 2.24) is 18.8 Å². The summed E-state index contributed by atoms with van der Waals surface area (Å²) in [5.74, 6) is 0.0650. The Hall–Kier alpha value is -2.76. The molecular weight excluding hydrogens is 398 g/mol. The molecule has 11 heteroatoms. The van der Waals surface area contributed by atoms with Crippen LogP contribution in [0.4, 0.5) is 5.95 Å². The molecule has 0 radical (unpaired) electrons. The Balaban J connectivity index is 1.44. The number of fused-ring (bicyclic) bond motifs is 2. The molecule has 0 atom stereocenters. The molecule has 0 bridgehead atoms. The van der Waals surface area contributed by atoms with Crippen molar-refractivity contribution in [2.75, 3.05) is 31.2 Å². The minimum atomic E-state index is -3.77. The molecule has 0 saturated carbocycles. The minimum Gasteiger partial charge on any atom is -0.408 e. The third-order valence-electron chi connectivity index (χ3n) is 5.31. The zero-order valence-corrected chi connectivity index (χ0v) is 16.6. The summed E-state index contributed by atoms with van der Waals surface area (Å²) in [6, 6.07) is 4.42. The maximum Gasteiger partial charge on any atom is 0.419 e. The average Bonchev–Trinajstić information content (AvgIpc) is 3.29. The minimum absolute atomic E-state index is 0.107. The number of aryl methyl sites for hydroxylation is 1. The summed E-state index contributed by atoms with van der Waals surface area (Å²) in [5.41, 5.74) is 2.29. The highest BCUT2D eigenvalue weighted by Gasteiger charge is 2.33. The SMILES string of the molecule is Cn1c(=O)oc2ccc(S(=O)(=O)N3Cc4cnc(N5CCOCC5)nc4C3)cc21. The molecular formula is C18H19N5O5S. The fourth-order valence-electron chi connectivity index (χ4n) is 3.62. The first-order valence-corrected chi connectivity index (χ1v) is 10.6. The number of aromatic nitrogens is 3. The molecule has 0 spiro atoms. The molecule has 2 aliphatic heterocycles. The molecule has 0 amide bonds. The second kappa shape index (κ2) is 6.65. The average molecular weight is 417 g/mol. The Bertz CT molecular complexity index is 1260. The summed E-state index contributed by atoms with van der Waals surface area (Å²) in [7, 11) is -2.23. The number of ether oxygens (including phenoxy) is 1. The Morgan fingerprint density at radius 1 is 1.14 bits per heavy atom. The Morgan fingerprint density at radius 2 is 1.93 bits per heavy atom. The van der Waals surface area contributed by atoms with Crippen LogP contribution in [0.1, 0.15) is 11.3 Å². The van der Waals surface area contributed by atoms with Gasteiger partial charge >= 0.3 is 5.76 Å². The smallest absolute Gasteiger partial charge is 0.408 e. The summed E-state index contributed by atoms with van der Waals surface area (Å²) in [4.78, 5) is 22.8. The van der Waals surface area contributed by atoms with E-state index in [4.69, 9.17) is 9.15 Å². The third-order valence-corrected chi connectivity index (χ3v) is 7.10. The molecule has 2 aliphatic rings. The standard InChI is InChI=1S/C18H19N5O5S/c1-21-15-8-13(2-3-16(15)28-18(21)24)29(25,26)23-10-12-9-19-17(20-14(12)11-23)22-4-6-27-7-5-22/h2-3,8-9H,4-7,10-11H2,1H3. The molecule has 1 saturated heterocycles. The van der Waals surface area contributed by atoms with E-state index >= 15 is 0 Å². The molecule has 152 valence electrons. The number of benzene rings is 1. The topological polar surface area (TPSA) is 111 Å². The normalized spacial score (nSPS) is 17.8. The highest BCUT2D eigenvalue weighted by molar-refractivity contribution is 7.89. The van der Waals surface area contributed by atoms with Gasteiger partial charge in [0.15, 0.2) is 5.58 Å². The van der Waals surface area contributed by atoms with Gasteiger partial charge in [-0.25, -0.2) is 23.2 Å². The number of hydrogen-bond donors (Lipinski definition) is 0. The maximum absolute atomic E-state index is 13.2. The third kappa shape index (κ3) is 3.02. The molecule has 3 aromatic rings. The van der Waals surface area contributed by atoms with E-state index in [1.807, 2.05) is 4.90 Å². The molecule has 0 N–H and O–H groups in total. The fourth-order valence-corrected chi connectivity index (χ4v) is 5.02. The van der Waals surface area contributed by atoms with Gasteiger partial charge in [-0.05, 0) is 18.2 Å². The number of sulfonamides is 1. The number of rotatable bonds is 3. The van der Waals surface area contributed by atoms with Crippen molar-refractivity contribution in [2.24, 2.45) is 7.05 Å². The van der Waals surface area contributed by atoms with Gasteiger partial charge in [-0.15, -0.1) is 0 Å². The number of hydrogen-bond acceptors (Lipinski definition) is 8. The molecule has 10 nitrogen and oxygen atoms in total. The number of anilines is 1. The van der Waals surface area contributed by atoms with E-state index < -0.39 is 15.8 Å². The molecule has 2 aromatic heterocycles. The second-order valence-corrected chi connectivity index (χ2v) is 9.01. The molecule has 29 heavy (non-hydrogen) atoms. The van der Waals surface area contributed by atoms with Gasteiger partial charge in [-0.2, -0.15) is 4.31 Å². The van der Waals surface area contributed by atoms with Crippen LogP contribution < -0.4 is 10.7 Å². The van der Waals surface area contributed by atoms with Crippen LogP contribution in [0.3, 0.4) is 0 Å². The van der Waals surface area contributed by atoms with Crippen LogP contribution in [-0.2, 0) is 34.9 Å². The highest BCUT2D eigenvalue weighted by Crippen LogP contribution is 2.29. The van der Waals surface area contributed by atoms with Crippen molar-refractivity contribution in [2.45, 2.75) is 18.0 Å². The second-order valence-electron chi connectivity index (χ2n) is 7.07. The van der Waals surface area contributed by atoms with E-state index in [0.717, 1.165) is 5.56 Å². The lowest BCUT2D eigenvalue weighted by atomic mass is 10.3. The molecule has 4 heterocycles. The summed E-state index contributed by atoms with van der Waals surface area (Å²) >= 11 is 0. The summed E-state index contributed by atoms with van der Waals surface area (Å²) in [6.45, 7) is 3.07. The zero-order chi connectivity index (χ0) is 20.2. The van der Waals surface area contributed by atoms with Gasteiger partial charge in [0.2, 0.25) is 16.0 Å². The fraction of sp³-hybridized carbons (Fsp3) is 0.389. The largest absolute Gasteiger partial charge is 0.419 e. The van der Waals surface area contributed by atoms with Gasteiger partial charge in [0.1, 0.15) is 0 Å². The van der Waals surface area contributed by atoms with Crippen LogP contribution in [0.2, 0.25) is 0 Å². The lowest BCUT2D eigenvalue weighted by Crippen LogP contribution is -2.37.